The van der Waals surface area contributed by atoms with Crippen LogP contribution < -0.4 is 0 Å². The normalized spacial score (nSPS) is 13.1. The number of fused-ring (bicyclic) bond motifs is 10. The quantitative estimate of drug-likeness (QED) is 0.175. The fourth-order valence-electron chi connectivity index (χ4n) is 9.43. The molecule has 0 unspecified atom stereocenters. The molecule has 0 atom stereocenters. The van der Waals surface area contributed by atoms with Crippen LogP contribution in [0.1, 0.15) is 25.0 Å². The van der Waals surface area contributed by atoms with Gasteiger partial charge in [-0.2, -0.15) is 9.97 Å². The lowest BCUT2D eigenvalue weighted by Gasteiger charge is -2.23. The zero-order chi connectivity index (χ0) is 39.2. The number of aromatic nitrogens is 4. The Bertz CT molecular complexity index is 3470. The average molecular weight is 757 g/mol. The minimum atomic E-state index is -0.253. The van der Waals surface area contributed by atoms with Gasteiger partial charge in [0.25, 0.3) is 0 Å². The molecule has 0 saturated carbocycles. The van der Waals surface area contributed by atoms with Gasteiger partial charge in [0, 0.05) is 38.1 Å². The number of para-hydroxylation sites is 2. The van der Waals surface area contributed by atoms with E-state index in [-0.39, 0.29) is 5.41 Å². The summed E-state index contributed by atoms with van der Waals surface area (Å²) in [5, 5.41) is 4.43. The van der Waals surface area contributed by atoms with Crippen LogP contribution in [0, 0.1) is 0 Å². The molecule has 0 bridgehead atoms. The van der Waals surface area contributed by atoms with Crippen LogP contribution in [0.5, 0.6) is 0 Å². The van der Waals surface area contributed by atoms with Crippen LogP contribution in [-0.2, 0) is 5.41 Å². The van der Waals surface area contributed by atoms with Gasteiger partial charge in [-0.1, -0.05) is 159 Å². The molecule has 0 spiro atoms. The summed E-state index contributed by atoms with van der Waals surface area (Å²) in [7, 11) is 0. The van der Waals surface area contributed by atoms with E-state index in [1.54, 1.807) is 0 Å². The smallest absolute Gasteiger partial charge is 0.238 e. The molecule has 3 aromatic heterocycles. The number of rotatable bonds is 5. The van der Waals surface area contributed by atoms with Crippen molar-refractivity contribution in [1.82, 2.24) is 19.5 Å². The fraction of sp³-hybridized carbons (Fsp3) is 0.0556. The Labute approximate surface area is 340 Å². The molecule has 11 aromatic rings. The van der Waals surface area contributed by atoms with E-state index in [1.165, 1.54) is 38.8 Å². The van der Waals surface area contributed by atoms with Crippen molar-refractivity contribution >= 4 is 43.7 Å². The van der Waals surface area contributed by atoms with E-state index in [1.807, 2.05) is 24.3 Å². The molecule has 12 rings (SSSR count). The van der Waals surface area contributed by atoms with Crippen LogP contribution in [0.4, 0.5) is 0 Å². The van der Waals surface area contributed by atoms with E-state index in [0.717, 1.165) is 60.6 Å². The second kappa shape index (κ2) is 12.7. The third kappa shape index (κ3) is 5.14. The second-order valence-electron chi connectivity index (χ2n) is 16.0. The molecule has 0 aliphatic heterocycles. The van der Waals surface area contributed by atoms with Gasteiger partial charge in [0.2, 0.25) is 5.95 Å². The first-order chi connectivity index (χ1) is 29.0. The first-order valence-corrected chi connectivity index (χ1v) is 20.1. The monoisotopic (exact) mass is 756 g/mol. The second-order valence-corrected chi connectivity index (χ2v) is 16.0. The molecule has 0 saturated heterocycles. The van der Waals surface area contributed by atoms with Crippen LogP contribution >= 0.6 is 0 Å². The summed E-state index contributed by atoms with van der Waals surface area (Å²) < 4.78 is 8.51. The van der Waals surface area contributed by atoms with Crippen molar-refractivity contribution in [3.05, 3.63) is 193 Å². The van der Waals surface area contributed by atoms with Gasteiger partial charge in [-0.15, -0.1) is 0 Å². The van der Waals surface area contributed by atoms with E-state index in [9.17, 15) is 0 Å². The number of hydrogen-bond acceptors (Lipinski definition) is 4. The number of furan rings is 1. The van der Waals surface area contributed by atoms with Gasteiger partial charge in [-0.05, 0) is 80.9 Å². The molecule has 0 radical (unpaired) electrons. The van der Waals surface area contributed by atoms with Gasteiger partial charge in [-0.3, -0.25) is 4.57 Å². The number of nitrogens with zero attached hydrogens (tertiary/aromatic N) is 4. The molecule has 1 aliphatic rings. The topological polar surface area (TPSA) is 56.7 Å². The first kappa shape index (κ1) is 33.5. The Balaban J connectivity index is 1.08. The summed E-state index contributed by atoms with van der Waals surface area (Å²) in [5.74, 6) is 1.78. The van der Waals surface area contributed by atoms with Crippen molar-refractivity contribution in [3.8, 4) is 62.1 Å². The SMILES string of the molecule is CC1(C)c2ccccc2-c2ccc3c4ccccc4n(-c4nc(-c5ccc(-c6cccc(-c7ccccc7)c6)cc5)nc(-c5ccc6oc7ccccc7c6c5)n4)c3c21. The minimum Gasteiger partial charge on any atom is -0.456 e. The minimum absolute atomic E-state index is 0.253. The summed E-state index contributed by atoms with van der Waals surface area (Å²) in [6.07, 6.45) is 0. The van der Waals surface area contributed by atoms with Crippen LogP contribution in [-0.4, -0.2) is 19.5 Å². The number of benzene rings is 8. The van der Waals surface area contributed by atoms with Crippen LogP contribution in [0.3, 0.4) is 0 Å². The Morgan fingerprint density at radius 2 is 1.05 bits per heavy atom. The molecule has 5 nitrogen and oxygen atoms in total. The first-order valence-electron chi connectivity index (χ1n) is 20.1. The van der Waals surface area contributed by atoms with Crippen molar-refractivity contribution in [1.29, 1.82) is 0 Å². The van der Waals surface area contributed by atoms with Gasteiger partial charge < -0.3 is 4.42 Å². The predicted molar refractivity (Wildman–Crippen MR) is 241 cm³/mol. The summed E-state index contributed by atoms with van der Waals surface area (Å²) in [6.45, 7) is 4.68. The molecule has 8 aromatic carbocycles. The van der Waals surface area contributed by atoms with Crippen molar-refractivity contribution in [2.75, 3.05) is 0 Å². The molecule has 5 heteroatoms. The lowest BCUT2D eigenvalue weighted by atomic mass is 9.81. The van der Waals surface area contributed by atoms with Crippen LogP contribution in [0.2, 0.25) is 0 Å². The zero-order valence-corrected chi connectivity index (χ0v) is 32.5. The third-order valence-corrected chi connectivity index (χ3v) is 12.3. The summed E-state index contributed by atoms with van der Waals surface area (Å²) in [5.41, 5.74) is 15.2. The van der Waals surface area contributed by atoms with E-state index >= 15 is 0 Å². The zero-order valence-electron chi connectivity index (χ0n) is 32.5. The fourth-order valence-corrected chi connectivity index (χ4v) is 9.43. The van der Waals surface area contributed by atoms with Crippen molar-refractivity contribution < 1.29 is 4.42 Å². The van der Waals surface area contributed by atoms with Gasteiger partial charge >= 0.3 is 0 Å². The molecular weight excluding hydrogens is 721 g/mol. The maximum Gasteiger partial charge on any atom is 0.238 e. The molecular formula is C54H36N4O. The highest BCUT2D eigenvalue weighted by Crippen LogP contribution is 2.53. The Morgan fingerprint density at radius 1 is 0.424 bits per heavy atom. The molecule has 0 amide bonds. The molecule has 0 N–H and O–H groups in total. The van der Waals surface area contributed by atoms with Gasteiger partial charge in [0.15, 0.2) is 11.6 Å². The van der Waals surface area contributed by atoms with Gasteiger partial charge in [0.05, 0.1) is 11.0 Å². The average Bonchev–Trinajstić information content (AvgIpc) is 3.91. The highest BCUT2D eigenvalue weighted by molar-refractivity contribution is 6.13. The maximum absolute atomic E-state index is 6.23. The van der Waals surface area contributed by atoms with E-state index in [0.29, 0.717) is 17.6 Å². The van der Waals surface area contributed by atoms with E-state index < -0.39 is 0 Å². The van der Waals surface area contributed by atoms with Crippen LogP contribution in [0.15, 0.2) is 186 Å². The van der Waals surface area contributed by atoms with E-state index in [4.69, 9.17) is 19.4 Å². The Hall–Kier alpha value is -7.63. The molecule has 3 heterocycles. The standard InChI is InChI=1S/C54H36N4O/c1-54(2)45-20-9-6-17-39(45)42-28-29-43-40-18-7-10-21-46(40)58(50(43)49(42)54)53-56-51(55-52(57-53)38-27-30-48-44(32-38)41-19-8-11-22-47(41)59-48)35-25-23-34(24-26-35)37-16-12-15-36(31-37)33-13-4-3-5-14-33/h3-32H,1-2H3. The molecule has 59 heavy (non-hydrogen) atoms. The summed E-state index contributed by atoms with van der Waals surface area (Å²) in [4.78, 5) is 16.0. The van der Waals surface area contributed by atoms with Gasteiger partial charge in [0.1, 0.15) is 11.2 Å². The summed E-state index contributed by atoms with van der Waals surface area (Å²) >= 11 is 0. The molecule has 0 fully saturated rings. The molecule has 278 valence electrons. The molecule has 1 aliphatic carbocycles. The summed E-state index contributed by atoms with van der Waals surface area (Å²) in [6, 6.07) is 64.2. The Kier molecular flexibility index (Phi) is 7.20. The number of hydrogen-bond donors (Lipinski definition) is 0. The Morgan fingerprint density at radius 3 is 1.88 bits per heavy atom. The third-order valence-electron chi connectivity index (χ3n) is 12.3. The predicted octanol–water partition coefficient (Wildman–Crippen LogP) is 13.8. The van der Waals surface area contributed by atoms with Crippen molar-refractivity contribution in [2.45, 2.75) is 19.3 Å². The van der Waals surface area contributed by atoms with Crippen LogP contribution in [0.25, 0.3) is 106 Å². The largest absolute Gasteiger partial charge is 0.456 e. The van der Waals surface area contributed by atoms with Crippen molar-refractivity contribution in [3.63, 3.8) is 0 Å². The lowest BCUT2D eigenvalue weighted by Crippen LogP contribution is -2.17. The highest BCUT2D eigenvalue weighted by Gasteiger charge is 2.38. The van der Waals surface area contributed by atoms with Crippen molar-refractivity contribution in [2.24, 2.45) is 0 Å². The maximum atomic E-state index is 6.23. The van der Waals surface area contributed by atoms with E-state index in [2.05, 4.69) is 176 Å². The lowest BCUT2D eigenvalue weighted by molar-refractivity contribution is 0.663. The highest BCUT2D eigenvalue weighted by atomic mass is 16.3. The van der Waals surface area contributed by atoms with Gasteiger partial charge in [-0.25, -0.2) is 4.98 Å².